The summed E-state index contributed by atoms with van der Waals surface area (Å²) in [5, 5.41) is 3.35. The van der Waals surface area contributed by atoms with Gasteiger partial charge < -0.3 is 9.88 Å². The molecule has 4 nitrogen and oxygen atoms in total. The number of nitrogens with zero attached hydrogens (tertiary/aromatic N) is 3. The Morgan fingerprint density at radius 1 is 1.50 bits per heavy atom. The summed E-state index contributed by atoms with van der Waals surface area (Å²) in [4.78, 5) is 6.88. The second-order valence-corrected chi connectivity index (χ2v) is 5.71. The van der Waals surface area contributed by atoms with Crippen molar-refractivity contribution in [3.05, 3.63) is 18.2 Å². The number of rotatable bonds is 7. The van der Waals surface area contributed by atoms with Crippen LogP contribution in [0.2, 0.25) is 0 Å². The van der Waals surface area contributed by atoms with Crippen molar-refractivity contribution in [1.82, 2.24) is 19.8 Å². The van der Waals surface area contributed by atoms with Gasteiger partial charge in [-0.15, -0.1) is 0 Å². The first-order valence-corrected chi connectivity index (χ1v) is 7.02. The number of hydrogen-bond acceptors (Lipinski definition) is 3. The molecular formula is C14H26N4. The van der Waals surface area contributed by atoms with Crippen LogP contribution in [-0.4, -0.2) is 40.6 Å². The van der Waals surface area contributed by atoms with Gasteiger partial charge in [0.25, 0.3) is 0 Å². The van der Waals surface area contributed by atoms with E-state index in [1.54, 1.807) is 0 Å². The lowest BCUT2D eigenvalue weighted by Gasteiger charge is -2.27. The molecule has 0 aliphatic heterocycles. The molecule has 0 saturated heterocycles. The first-order valence-electron chi connectivity index (χ1n) is 7.02. The first kappa shape index (κ1) is 13.6. The van der Waals surface area contributed by atoms with Gasteiger partial charge in [-0.05, 0) is 40.3 Å². The second-order valence-electron chi connectivity index (χ2n) is 5.71. The third-order valence-electron chi connectivity index (χ3n) is 4.08. The zero-order valence-corrected chi connectivity index (χ0v) is 12.1. The zero-order valence-electron chi connectivity index (χ0n) is 12.1. The summed E-state index contributed by atoms with van der Waals surface area (Å²) in [7, 11) is 2.00. The lowest BCUT2D eigenvalue weighted by atomic mass is 10.0. The van der Waals surface area contributed by atoms with Crippen LogP contribution in [0.4, 0.5) is 0 Å². The summed E-state index contributed by atoms with van der Waals surface area (Å²) in [6.45, 7) is 9.96. The number of nitrogens with one attached hydrogen (secondary N) is 1. The molecule has 1 saturated carbocycles. The minimum atomic E-state index is -0.0207. The van der Waals surface area contributed by atoms with Gasteiger partial charge in [0.1, 0.15) is 0 Å². The van der Waals surface area contributed by atoms with Crippen molar-refractivity contribution in [3.63, 3.8) is 0 Å². The summed E-state index contributed by atoms with van der Waals surface area (Å²) < 4.78 is 2.28. The molecule has 1 N–H and O–H groups in total. The third-order valence-corrected chi connectivity index (χ3v) is 4.08. The van der Waals surface area contributed by atoms with E-state index in [9.17, 15) is 0 Å². The molecule has 0 atom stereocenters. The molecule has 0 bridgehead atoms. The first-order chi connectivity index (χ1) is 8.58. The van der Waals surface area contributed by atoms with Crippen LogP contribution in [0.5, 0.6) is 0 Å². The molecule has 1 aliphatic carbocycles. The van der Waals surface area contributed by atoms with Gasteiger partial charge in [-0.25, -0.2) is 4.98 Å². The van der Waals surface area contributed by atoms with Gasteiger partial charge in [0.2, 0.25) is 0 Å². The van der Waals surface area contributed by atoms with Crippen molar-refractivity contribution in [1.29, 1.82) is 0 Å². The fourth-order valence-electron chi connectivity index (χ4n) is 2.42. The Bertz CT molecular complexity index is 379. The summed E-state index contributed by atoms with van der Waals surface area (Å²) in [6.07, 6.45) is 6.69. The summed E-state index contributed by atoms with van der Waals surface area (Å²) in [6, 6.07) is 0.847. The quantitative estimate of drug-likeness (QED) is 0.801. The molecule has 1 aromatic rings. The van der Waals surface area contributed by atoms with Crippen LogP contribution in [-0.2, 0) is 12.1 Å². The average molecular weight is 250 g/mol. The SMILES string of the molecule is CCN(CCn1cncc1C(C)(C)NC)C1CC1. The normalized spacial score (nSPS) is 16.5. The van der Waals surface area contributed by atoms with Crippen molar-refractivity contribution in [2.24, 2.45) is 0 Å². The van der Waals surface area contributed by atoms with Gasteiger partial charge in [0, 0.05) is 25.3 Å². The van der Waals surface area contributed by atoms with Gasteiger partial charge in [-0.3, -0.25) is 4.90 Å². The highest BCUT2D eigenvalue weighted by atomic mass is 15.2. The van der Waals surface area contributed by atoms with Crippen molar-refractivity contribution in [2.45, 2.75) is 51.7 Å². The summed E-state index contributed by atoms with van der Waals surface area (Å²) in [5.41, 5.74) is 1.24. The van der Waals surface area contributed by atoms with E-state index in [1.165, 1.54) is 18.5 Å². The molecule has 1 aromatic heterocycles. The van der Waals surface area contributed by atoms with E-state index in [1.807, 2.05) is 19.6 Å². The van der Waals surface area contributed by atoms with Crippen LogP contribution in [0, 0.1) is 0 Å². The maximum absolute atomic E-state index is 4.31. The molecule has 18 heavy (non-hydrogen) atoms. The van der Waals surface area contributed by atoms with Gasteiger partial charge >= 0.3 is 0 Å². The highest BCUT2D eigenvalue weighted by Gasteiger charge is 2.28. The molecule has 0 aromatic carbocycles. The van der Waals surface area contributed by atoms with Crippen molar-refractivity contribution in [2.75, 3.05) is 20.1 Å². The highest BCUT2D eigenvalue weighted by Crippen LogP contribution is 2.26. The van der Waals surface area contributed by atoms with Crippen molar-refractivity contribution >= 4 is 0 Å². The van der Waals surface area contributed by atoms with Crippen LogP contribution in [0.1, 0.15) is 39.3 Å². The molecule has 1 aliphatic rings. The molecule has 0 spiro atoms. The Kier molecular flexibility index (Phi) is 4.07. The second kappa shape index (κ2) is 5.41. The Balaban J connectivity index is 1.99. The summed E-state index contributed by atoms with van der Waals surface area (Å²) in [5.74, 6) is 0. The standard InChI is InChI=1S/C14H26N4/c1-5-17(12-6-7-12)8-9-18-11-16-10-13(18)14(2,3)15-4/h10-12,15H,5-9H2,1-4H3. The van der Waals surface area contributed by atoms with E-state index in [4.69, 9.17) is 0 Å². The monoisotopic (exact) mass is 250 g/mol. The zero-order chi connectivity index (χ0) is 13.2. The van der Waals surface area contributed by atoms with Crippen LogP contribution in [0.3, 0.4) is 0 Å². The molecule has 0 amide bonds. The molecule has 1 heterocycles. The van der Waals surface area contributed by atoms with E-state index in [0.29, 0.717) is 0 Å². The van der Waals surface area contributed by atoms with Crippen molar-refractivity contribution in [3.8, 4) is 0 Å². The maximum Gasteiger partial charge on any atom is 0.0949 e. The minimum Gasteiger partial charge on any atom is -0.332 e. The Morgan fingerprint density at radius 2 is 2.22 bits per heavy atom. The van der Waals surface area contributed by atoms with E-state index >= 15 is 0 Å². The minimum absolute atomic E-state index is 0.0207. The molecule has 4 heteroatoms. The van der Waals surface area contributed by atoms with Gasteiger partial charge in [0.15, 0.2) is 0 Å². The number of imidazole rings is 1. The Hall–Kier alpha value is -0.870. The predicted octanol–water partition coefficient (Wildman–Crippen LogP) is 1.82. The largest absolute Gasteiger partial charge is 0.332 e. The molecule has 1 fully saturated rings. The fraction of sp³-hybridized carbons (Fsp3) is 0.786. The lowest BCUT2D eigenvalue weighted by Crippen LogP contribution is -2.36. The number of hydrogen-bond donors (Lipinski definition) is 1. The van der Waals surface area contributed by atoms with Gasteiger partial charge in [0.05, 0.1) is 17.6 Å². The van der Waals surface area contributed by atoms with Crippen LogP contribution < -0.4 is 5.32 Å². The molecule has 2 rings (SSSR count). The lowest BCUT2D eigenvalue weighted by molar-refractivity contribution is 0.261. The highest BCUT2D eigenvalue weighted by molar-refractivity contribution is 5.10. The molecular weight excluding hydrogens is 224 g/mol. The number of likely N-dealkylation sites (N-methyl/N-ethyl adjacent to an activating group) is 1. The van der Waals surface area contributed by atoms with Gasteiger partial charge in [-0.2, -0.15) is 0 Å². The van der Waals surface area contributed by atoms with Gasteiger partial charge in [-0.1, -0.05) is 6.92 Å². The molecule has 0 unspecified atom stereocenters. The van der Waals surface area contributed by atoms with E-state index in [0.717, 1.165) is 25.7 Å². The Labute approximate surface area is 110 Å². The van der Waals surface area contributed by atoms with Crippen LogP contribution in [0.25, 0.3) is 0 Å². The van der Waals surface area contributed by atoms with Crippen molar-refractivity contribution < 1.29 is 0 Å². The van der Waals surface area contributed by atoms with Crippen LogP contribution >= 0.6 is 0 Å². The molecule has 102 valence electrons. The topological polar surface area (TPSA) is 33.1 Å². The van der Waals surface area contributed by atoms with E-state index < -0.39 is 0 Å². The smallest absolute Gasteiger partial charge is 0.0949 e. The average Bonchev–Trinajstić information content (AvgIpc) is 3.07. The van der Waals surface area contributed by atoms with Crippen LogP contribution in [0.15, 0.2) is 12.5 Å². The third kappa shape index (κ3) is 2.93. The predicted molar refractivity (Wildman–Crippen MR) is 74.6 cm³/mol. The molecule has 0 radical (unpaired) electrons. The summed E-state index contributed by atoms with van der Waals surface area (Å²) >= 11 is 0. The fourth-order valence-corrected chi connectivity index (χ4v) is 2.42. The van der Waals surface area contributed by atoms with E-state index in [2.05, 4.69) is 40.5 Å². The van der Waals surface area contributed by atoms with E-state index in [-0.39, 0.29) is 5.54 Å². The maximum atomic E-state index is 4.31. The number of aromatic nitrogens is 2. The Morgan fingerprint density at radius 3 is 2.78 bits per heavy atom.